The third-order valence-electron chi connectivity index (χ3n) is 3.05. The maximum atomic E-state index is 10.2. The van der Waals surface area contributed by atoms with Crippen molar-refractivity contribution in [2.24, 2.45) is 0 Å². The summed E-state index contributed by atoms with van der Waals surface area (Å²) in [6, 6.07) is 0. The molecule has 2 rings (SSSR count). The standard InChI is InChI=1S/C9H14O5Si/c1-5-3-13-7(5,9(11,12)15)8(10)6(2)4-14-8/h3-4,10-12H,1-2,15H3. The Bertz CT molecular complexity index is 369. The summed E-state index contributed by atoms with van der Waals surface area (Å²) in [4.78, 5) is 0. The molecule has 2 atom stereocenters. The molecule has 2 aliphatic rings. The van der Waals surface area contributed by atoms with Gasteiger partial charge in [0.2, 0.25) is 5.60 Å². The van der Waals surface area contributed by atoms with Crippen LogP contribution in [-0.4, -0.2) is 42.4 Å². The van der Waals surface area contributed by atoms with Crippen LogP contribution in [0.1, 0.15) is 13.8 Å². The maximum Gasteiger partial charge on any atom is 0.282 e. The Balaban J connectivity index is 2.48. The summed E-state index contributed by atoms with van der Waals surface area (Å²) in [7, 11) is 0.0235. The van der Waals surface area contributed by atoms with E-state index in [0.717, 1.165) is 0 Å². The van der Waals surface area contributed by atoms with E-state index in [1.165, 1.54) is 12.5 Å². The first-order chi connectivity index (χ1) is 6.76. The van der Waals surface area contributed by atoms with Crippen LogP contribution >= 0.6 is 0 Å². The third kappa shape index (κ3) is 0.971. The van der Waals surface area contributed by atoms with E-state index < -0.39 is 16.8 Å². The summed E-state index contributed by atoms with van der Waals surface area (Å²) in [5.74, 6) is -1.77. The van der Waals surface area contributed by atoms with Crippen molar-refractivity contribution >= 4 is 10.2 Å². The fraction of sp³-hybridized carbons (Fsp3) is 0.556. The molecule has 2 unspecified atom stereocenters. The van der Waals surface area contributed by atoms with Gasteiger partial charge in [0.1, 0.15) is 0 Å². The lowest BCUT2D eigenvalue weighted by atomic mass is 9.76. The van der Waals surface area contributed by atoms with Gasteiger partial charge in [-0.05, 0) is 13.8 Å². The number of aliphatic hydroxyl groups is 3. The van der Waals surface area contributed by atoms with E-state index in [1.807, 2.05) is 0 Å². The number of hydrogen-bond acceptors (Lipinski definition) is 5. The van der Waals surface area contributed by atoms with Gasteiger partial charge in [0.15, 0.2) is 5.41 Å². The van der Waals surface area contributed by atoms with Crippen molar-refractivity contribution in [2.75, 3.05) is 0 Å². The Morgan fingerprint density at radius 1 is 1.20 bits per heavy atom. The SMILES string of the molecule is CC1=COC1(O)C1(C(O)(O)[SiH3])OC=C1C. The number of ether oxygens (including phenoxy) is 2. The van der Waals surface area contributed by atoms with Gasteiger partial charge in [-0.25, -0.2) is 0 Å². The molecule has 6 heteroatoms. The van der Waals surface area contributed by atoms with Crippen molar-refractivity contribution in [1.29, 1.82) is 0 Å². The van der Waals surface area contributed by atoms with Gasteiger partial charge in [-0.3, -0.25) is 0 Å². The summed E-state index contributed by atoms with van der Waals surface area (Å²) in [6.45, 7) is 3.31. The molecular formula is C9H14O5Si. The molecule has 15 heavy (non-hydrogen) atoms. The van der Waals surface area contributed by atoms with E-state index in [4.69, 9.17) is 9.47 Å². The topological polar surface area (TPSA) is 79.2 Å². The van der Waals surface area contributed by atoms with Crippen LogP contribution in [0.5, 0.6) is 0 Å². The highest BCUT2D eigenvalue weighted by Crippen LogP contribution is 2.52. The lowest BCUT2D eigenvalue weighted by molar-refractivity contribution is -0.350. The van der Waals surface area contributed by atoms with E-state index in [9.17, 15) is 15.3 Å². The van der Waals surface area contributed by atoms with Crippen molar-refractivity contribution in [2.45, 2.75) is 30.6 Å². The van der Waals surface area contributed by atoms with Gasteiger partial charge in [-0.15, -0.1) is 0 Å². The molecule has 0 radical (unpaired) electrons. The zero-order valence-corrected chi connectivity index (χ0v) is 10.8. The Morgan fingerprint density at radius 3 is 1.80 bits per heavy atom. The van der Waals surface area contributed by atoms with Gasteiger partial charge < -0.3 is 24.8 Å². The lowest BCUT2D eigenvalue weighted by Gasteiger charge is -2.57. The predicted octanol–water partition coefficient (Wildman–Crippen LogP) is -1.71. The average Bonchev–Trinajstić information content (AvgIpc) is 2.11. The van der Waals surface area contributed by atoms with E-state index in [2.05, 4.69) is 0 Å². The minimum Gasteiger partial charge on any atom is -0.478 e. The van der Waals surface area contributed by atoms with Crippen LogP contribution in [0, 0.1) is 0 Å². The van der Waals surface area contributed by atoms with Gasteiger partial charge in [0.05, 0.1) is 22.8 Å². The zero-order chi connectivity index (χ0) is 11.5. The summed E-state index contributed by atoms with van der Waals surface area (Å²) < 4.78 is 10.1. The molecule has 3 N–H and O–H groups in total. The highest BCUT2D eigenvalue weighted by atomic mass is 28.1. The third-order valence-corrected chi connectivity index (χ3v) is 3.76. The fourth-order valence-electron chi connectivity index (χ4n) is 2.10. The molecule has 2 heterocycles. The van der Waals surface area contributed by atoms with Gasteiger partial charge in [0.25, 0.3) is 5.79 Å². The van der Waals surface area contributed by atoms with Crippen LogP contribution in [0.15, 0.2) is 23.7 Å². The number of hydrogen-bond donors (Lipinski definition) is 3. The Labute approximate surface area is 90.0 Å². The van der Waals surface area contributed by atoms with Crippen LogP contribution in [0.3, 0.4) is 0 Å². The zero-order valence-electron chi connectivity index (χ0n) is 8.81. The molecule has 0 fully saturated rings. The van der Waals surface area contributed by atoms with E-state index in [0.29, 0.717) is 11.1 Å². The molecular weight excluding hydrogens is 216 g/mol. The summed E-state index contributed by atoms with van der Waals surface area (Å²) in [5, 5.41) is 29.7. The van der Waals surface area contributed by atoms with Gasteiger partial charge in [-0.2, -0.15) is 0 Å². The molecule has 5 nitrogen and oxygen atoms in total. The molecule has 0 saturated heterocycles. The quantitative estimate of drug-likeness (QED) is 0.389. The van der Waals surface area contributed by atoms with Crippen LogP contribution in [0.4, 0.5) is 0 Å². The Hall–Kier alpha value is -0.823. The van der Waals surface area contributed by atoms with Crippen LogP contribution in [-0.2, 0) is 9.47 Å². The Morgan fingerprint density at radius 2 is 1.73 bits per heavy atom. The van der Waals surface area contributed by atoms with Crippen LogP contribution in [0.25, 0.3) is 0 Å². The molecule has 0 saturated carbocycles. The summed E-state index contributed by atoms with van der Waals surface area (Å²) in [5.41, 5.74) is -2.60. The Kier molecular flexibility index (Phi) is 1.88. The predicted molar refractivity (Wildman–Crippen MR) is 54.5 cm³/mol. The minimum absolute atomic E-state index is 0.0235. The van der Waals surface area contributed by atoms with Crippen molar-refractivity contribution in [3.63, 3.8) is 0 Å². The van der Waals surface area contributed by atoms with E-state index in [-0.39, 0.29) is 10.2 Å². The van der Waals surface area contributed by atoms with Gasteiger partial charge >= 0.3 is 0 Å². The lowest BCUT2D eigenvalue weighted by Crippen LogP contribution is -2.75. The molecule has 0 aromatic carbocycles. The fourth-order valence-corrected chi connectivity index (χ4v) is 2.95. The molecule has 0 aromatic heterocycles. The second kappa shape index (κ2) is 2.65. The molecule has 84 valence electrons. The van der Waals surface area contributed by atoms with Crippen molar-refractivity contribution in [1.82, 2.24) is 0 Å². The molecule has 0 aliphatic carbocycles. The maximum absolute atomic E-state index is 10.2. The molecule has 0 spiro atoms. The highest BCUT2D eigenvalue weighted by Gasteiger charge is 2.71. The van der Waals surface area contributed by atoms with Gasteiger partial charge in [-0.1, -0.05) is 0 Å². The second-order valence-corrected chi connectivity index (χ2v) is 5.58. The second-order valence-electron chi connectivity index (χ2n) is 4.18. The minimum atomic E-state index is -2.09. The smallest absolute Gasteiger partial charge is 0.282 e. The number of rotatable bonds is 2. The summed E-state index contributed by atoms with van der Waals surface area (Å²) in [6.07, 6.45) is 2.75. The van der Waals surface area contributed by atoms with E-state index >= 15 is 0 Å². The summed E-state index contributed by atoms with van der Waals surface area (Å²) >= 11 is 0. The van der Waals surface area contributed by atoms with Crippen LogP contribution in [0.2, 0.25) is 0 Å². The van der Waals surface area contributed by atoms with Gasteiger partial charge in [0, 0.05) is 11.1 Å². The largest absolute Gasteiger partial charge is 0.478 e. The van der Waals surface area contributed by atoms with Crippen LogP contribution < -0.4 is 0 Å². The molecule has 0 amide bonds. The average molecular weight is 230 g/mol. The molecule has 0 bridgehead atoms. The molecule has 0 aromatic rings. The first-order valence-electron chi connectivity index (χ1n) is 4.63. The van der Waals surface area contributed by atoms with Crippen molar-refractivity contribution in [3.8, 4) is 0 Å². The van der Waals surface area contributed by atoms with E-state index in [1.54, 1.807) is 13.8 Å². The first kappa shape index (κ1) is 10.7. The normalized spacial score (nSPS) is 39.3. The molecule has 2 aliphatic heterocycles. The van der Waals surface area contributed by atoms with Crippen molar-refractivity contribution < 1.29 is 24.8 Å². The monoisotopic (exact) mass is 230 g/mol. The van der Waals surface area contributed by atoms with Crippen molar-refractivity contribution in [3.05, 3.63) is 23.7 Å². The highest BCUT2D eigenvalue weighted by molar-refractivity contribution is 6.14. The first-order valence-corrected chi connectivity index (χ1v) is 5.63.